The Morgan fingerprint density at radius 2 is 1.80 bits per heavy atom. The maximum atomic E-state index is 12.2. The lowest BCUT2D eigenvalue weighted by molar-refractivity contribution is 0.584. The third kappa shape index (κ3) is 4.72. The summed E-state index contributed by atoms with van der Waals surface area (Å²) in [6, 6.07) is 16.3. The topological polar surface area (TPSA) is 64.0 Å². The number of aromatic nitrogens is 2. The maximum absolute atomic E-state index is 12.2. The van der Waals surface area contributed by atoms with Crippen molar-refractivity contribution < 1.29 is 8.42 Å². The average molecular weight is 438 g/mol. The molecular weight excluding hydrogens is 422 g/mol. The maximum Gasteiger partial charge on any atom is 0.240 e. The Balaban J connectivity index is 1.59. The van der Waals surface area contributed by atoms with Gasteiger partial charge in [0.05, 0.1) is 4.90 Å². The molecule has 0 aliphatic carbocycles. The number of nitrogens with one attached hydrogen (secondary N) is 1. The molecule has 0 saturated carbocycles. The van der Waals surface area contributed by atoms with Gasteiger partial charge in [-0.3, -0.25) is 4.57 Å². The highest BCUT2D eigenvalue weighted by atomic mass is 79.9. The molecule has 0 atom stereocenters. The predicted molar refractivity (Wildman–Crippen MR) is 104 cm³/mol. The molecular formula is C17H16BrN3O2S2. The summed E-state index contributed by atoms with van der Waals surface area (Å²) in [5.41, 5.74) is 1.01. The van der Waals surface area contributed by atoms with E-state index >= 15 is 0 Å². The first-order valence-electron chi connectivity index (χ1n) is 7.53. The van der Waals surface area contributed by atoms with Crippen molar-refractivity contribution in [2.45, 2.75) is 10.1 Å². The number of halogens is 1. The molecule has 0 saturated heterocycles. The number of thioether (sulfide) groups is 1. The van der Waals surface area contributed by atoms with Crippen LogP contribution in [0.5, 0.6) is 0 Å². The Morgan fingerprint density at radius 1 is 1.08 bits per heavy atom. The lowest BCUT2D eigenvalue weighted by atomic mass is 10.3. The van der Waals surface area contributed by atoms with Crippen LogP contribution < -0.4 is 4.72 Å². The molecule has 3 rings (SSSR count). The third-order valence-corrected chi connectivity index (χ3v) is 6.36. The molecule has 5 nitrogen and oxygen atoms in total. The van der Waals surface area contributed by atoms with Gasteiger partial charge in [0.2, 0.25) is 10.0 Å². The SMILES string of the molecule is O=S(=O)(NCCSc1nccn1-c1ccc(Br)cc1)c1ccccc1. The summed E-state index contributed by atoms with van der Waals surface area (Å²) < 4.78 is 29.9. The Labute approximate surface area is 159 Å². The summed E-state index contributed by atoms with van der Waals surface area (Å²) in [6.07, 6.45) is 3.62. The Kier molecular flexibility index (Phi) is 5.95. The van der Waals surface area contributed by atoms with Crippen molar-refractivity contribution >= 4 is 37.7 Å². The number of hydrogen-bond acceptors (Lipinski definition) is 4. The third-order valence-electron chi connectivity index (χ3n) is 3.39. The van der Waals surface area contributed by atoms with Gasteiger partial charge in [0.25, 0.3) is 0 Å². The van der Waals surface area contributed by atoms with Gasteiger partial charge in [-0.15, -0.1) is 0 Å². The quantitative estimate of drug-likeness (QED) is 0.451. The van der Waals surface area contributed by atoms with Gasteiger partial charge in [0, 0.05) is 34.9 Å². The van der Waals surface area contributed by atoms with Crippen LogP contribution in [0, 0.1) is 0 Å². The number of benzene rings is 2. The van der Waals surface area contributed by atoms with Gasteiger partial charge in [0.1, 0.15) is 0 Å². The van der Waals surface area contributed by atoms with Crippen molar-refractivity contribution in [1.82, 2.24) is 14.3 Å². The lowest BCUT2D eigenvalue weighted by Crippen LogP contribution is -2.26. The fraction of sp³-hybridized carbons (Fsp3) is 0.118. The van der Waals surface area contributed by atoms with E-state index in [1.807, 2.05) is 35.0 Å². The summed E-state index contributed by atoms with van der Waals surface area (Å²) in [5.74, 6) is 0.583. The van der Waals surface area contributed by atoms with E-state index in [-0.39, 0.29) is 4.90 Å². The van der Waals surface area contributed by atoms with E-state index in [9.17, 15) is 8.42 Å². The summed E-state index contributed by atoms with van der Waals surface area (Å²) >= 11 is 4.92. The highest BCUT2D eigenvalue weighted by molar-refractivity contribution is 9.10. The molecule has 3 aromatic rings. The minimum Gasteiger partial charge on any atom is -0.295 e. The van der Waals surface area contributed by atoms with Crippen LogP contribution in [0.1, 0.15) is 0 Å². The van der Waals surface area contributed by atoms with Crippen molar-refractivity contribution in [2.24, 2.45) is 0 Å². The van der Waals surface area contributed by atoms with Gasteiger partial charge in [-0.25, -0.2) is 18.1 Å². The van der Waals surface area contributed by atoms with E-state index in [1.54, 1.807) is 36.5 Å². The van der Waals surface area contributed by atoms with Gasteiger partial charge < -0.3 is 0 Å². The molecule has 130 valence electrons. The van der Waals surface area contributed by atoms with E-state index in [4.69, 9.17) is 0 Å². The summed E-state index contributed by atoms with van der Waals surface area (Å²) in [7, 11) is -3.46. The molecule has 0 aliphatic rings. The molecule has 1 N–H and O–H groups in total. The minimum absolute atomic E-state index is 0.274. The zero-order valence-corrected chi connectivity index (χ0v) is 16.4. The zero-order chi connectivity index (χ0) is 17.7. The summed E-state index contributed by atoms with van der Waals surface area (Å²) in [4.78, 5) is 4.62. The number of imidazole rings is 1. The second-order valence-corrected chi connectivity index (χ2v) is 8.86. The fourth-order valence-electron chi connectivity index (χ4n) is 2.20. The van der Waals surface area contributed by atoms with E-state index < -0.39 is 10.0 Å². The Hall–Kier alpha value is -1.61. The molecule has 0 radical (unpaired) electrons. The number of rotatable bonds is 7. The molecule has 2 aromatic carbocycles. The summed E-state index contributed by atoms with van der Waals surface area (Å²) in [5, 5.41) is 0.821. The molecule has 1 aromatic heterocycles. The van der Waals surface area contributed by atoms with Crippen LogP contribution in [-0.2, 0) is 10.0 Å². The van der Waals surface area contributed by atoms with Crippen molar-refractivity contribution in [1.29, 1.82) is 0 Å². The van der Waals surface area contributed by atoms with E-state index in [0.29, 0.717) is 12.3 Å². The molecule has 0 amide bonds. The van der Waals surface area contributed by atoms with Crippen LogP contribution >= 0.6 is 27.7 Å². The highest BCUT2D eigenvalue weighted by Gasteiger charge is 2.13. The van der Waals surface area contributed by atoms with Crippen LogP contribution in [0.3, 0.4) is 0 Å². The number of sulfonamides is 1. The first kappa shape index (κ1) is 18.2. The van der Waals surface area contributed by atoms with Crippen molar-refractivity contribution in [3.63, 3.8) is 0 Å². The molecule has 0 unspecified atom stereocenters. The Morgan fingerprint density at radius 3 is 2.52 bits per heavy atom. The van der Waals surface area contributed by atoms with Gasteiger partial charge in [0.15, 0.2) is 5.16 Å². The van der Waals surface area contributed by atoms with Crippen molar-refractivity contribution in [3.8, 4) is 5.69 Å². The van der Waals surface area contributed by atoms with Crippen molar-refractivity contribution in [2.75, 3.05) is 12.3 Å². The monoisotopic (exact) mass is 437 g/mol. The smallest absolute Gasteiger partial charge is 0.240 e. The van der Waals surface area contributed by atoms with Gasteiger partial charge in [-0.2, -0.15) is 0 Å². The lowest BCUT2D eigenvalue weighted by Gasteiger charge is -2.09. The average Bonchev–Trinajstić information content (AvgIpc) is 3.09. The molecule has 0 bridgehead atoms. The second kappa shape index (κ2) is 8.18. The van der Waals surface area contributed by atoms with Gasteiger partial charge in [-0.05, 0) is 36.4 Å². The predicted octanol–water partition coefficient (Wildman–Crippen LogP) is 3.71. The fourth-order valence-corrected chi connectivity index (χ4v) is 4.47. The first-order chi connectivity index (χ1) is 12.1. The normalized spacial score (nSPS) is 11.6. The second-order valence-electron chi connectivity index (χ2n) is 5.12. The molecule has 8 heteroatoms. The molecule has 1 heterocycles. The van der Waals surface area contributed by atoms with Crippen LogP contribution in [0.2, 0.25) is 0 Å². The molecule has 0 aliphatic heterocycles. The summed E-state index contributed by atoms with van der Waals surface area (Å²) in [6.45, 7) is 0.328. The Bertz CT molecular complexity index is 926. The minimum atomic E-state index is -3.46. The van der Waals surface area contributed by atoms with E-state index in [1.165, 1.54) is 11.8 Å². The largest absolute Gasteiger partial charge is 0.295 e. The zero-order valence-electron chi connectivity index (χ0n) is 13.2. The molecule has 25 heavy (non-hydrogen) atoms. The van der Waals surface area contributed by atoms with Crippen molar-refractivity contribution in [3.05, 3.63) is 71.5 Å². The molecule has 0 fully saturated rings. The molecule has 0 spiro atoms. The van der Waals surface area contributed by atoms with Crippen LogP contribution in [0.25, 0.3) is 5.69 Å². The first-order valence-corrected chi connectivity index (χ1v) is 10.8. The van der Waals surface area contributed by atoms with Gasteiger partial charge >= 0.3 is 0 Å². The van der Waals surface area contributed by atoms with Gasteiger partial charge in [-0.1, -0.05) is 45.9 Å². The van der Waals surface area contributed by atoms with E-state index in [0.717, 1.165) is 15.3 Å². The number of nitrogens with zero attached hydrogens (tertiary/aromatic N) is 2. The number of hydrogen-bond donors (Lipinski definition) is 1. The van der Waals surface area contributed by atoms with Crippen LogP contribution in [0.4, 0.5) is 0 Å². The van der Waals surface area contributed by atoms with E-state index in [2.05, 4.69) is 25.6 Å². The highest BCUT2D eigenvalue weighted by Crippen LogP contribution is 2.21. The van der Waals surface area contributed by atoms with Crippen LogP contribution in [-0.4, -0.2) is 30.3 Å². The van der Waals surface area contributed by atoms with Crippen LogP contribution in [0.15, 0.2) is 81.5 Å². The standard InChI is InChI=1S/C17H16BrN3O2S2/c18-14-6-8-15(9-7-14)21-12-10-19-17(21)24-13-11-20-25(22,23)16-4-2-1-3-5-16/h1-10,12,20H,11,13H2.